The average molecular weight is 454 g/mol. The zero-order valence-corrected chi connectivity index (χ0v) is 21.5. The van der Waals surface area contributed by atoms with Crippen LogP contribution >= 0.6 is 0 Å². The van der Waals surface area contributed by atoms with Gasteiger partial charge in [-0.2, -0.15) is 0 Å². The van der Waals surface area contributed by atoms with Crippen molar-refractivity contribution < 1.29 is 14.0 Å². The molecule has 174 valence electrons. The van der Waals surface area contributed by atoms with Crippen LogP contribution in [-0.2, 0) is 27.0 Å². The predicted molar refractivity (Wildman–Crippen MR) is 135 cm³/mol. The molecule has 0 heterocycles. The summed E-state index contributed by atoms with van der Waals surface area (Å²) < 4.78 is 11.7. The normalized spacial score (nSPS) is 13.5. The SMILES string of the molecule is CCOC(=O)/C=C/[C@H](CO[Si](C)(C)C(C)(C)C)N(Cc1ccccc1)Cc1ccccc1. The van der Waals surface area contributed by atoms with Crippen LogP contribution in [0.25, 0.3) is 0 Å². The number of esters is 1. The lowest BCUT2D eigenvalue weighted by molar-refractivity contribution is -0.137. The third kappa shape index (κ3) is 8.38. The van der Waals surface area contributed by atoms with Crippen LogP contribution in [0, 0.1) is 0 Å². The highest BCUT2D eigenvalue weighted by Gasteiger charge is 2.37. The van der Waals surface area contributed by atoms with E-state index in [1.54, 1.807) is 6.08 Å². The van der Waals surface area contributed by atoms with Crippen LogP contribution < -0.4 is 0 Å². The molecule has 0 saturated heterocycles. The first-order valence-corrected chi connectivity index (χ1v) is 14.3. The standard InChI is InChI=1S/C27H39NO3Si/c1-7-30-26(29)19-18-25(22-31-32(5,6)27(2,3)4)28(20-23-14-10-8-11-15-23)21-24-16-12-9-13-17-24/h8-19,25H,7,20-22H2,1-6H3/b19-18+/t25-/m1/s1. The molecule has 1 atom stereocenters. The van der Waals surface area contributed by atoms with Gasteiger partial charge in [0.15, 0.2) is 8.32 Å². The molecule has 0 radical (unpaired) electrons. The molecule has 0 bridgehead atoms. The number of benzene rings is 2. The van der Waals surface area contributed by atoms with Crippen molar-refractivity contribution in [1.82, 2.24) is 4.90 Å². The van der Waals surface area contributed by atoms with Gasteiger partial charge in [-0.15, -0.1) is 0 Å². The summed E-state index contributed by atoms with van der Waals surface area (Å²) in [5.41, 5.74) is 2.45. The van der Waals surface area contributed by atoms with Crippen LogP contribution in [-0.4, -0.2) is 38.4 Å². The molecule has 0 amide bonds. The highest BCUT2D eigenvalue weighted by molar-refractivity contribution is 6.74. The van der Waals surface area contributed by atoms with Gasteiger partial charge in [0, 0.05) is 19.2 Å². The molecule has 0 fully saturated rings. The van der Waals surface area contributed by atoms with Crippen molar-refractivity contribution in [3.8, 4) is 0 Å². The van der Waals surface area contributed by atoms with Crippen molar-refractivity contribution >= 4 is 14.3 Å². The van der Waals surface area contributed by atoms with E-state index >= 15 is 0 Å². The van der Waals surface area contributed by atoms with E-state index in [0.29, 0.717) is 13.2 Å². The van der Waals surface area contributed by atoms with Gasteiger partial charge >= 0.3 is 5.97 Å². The summed E-state index contributed by atoms with van der Waals surface area (Å²) in [5.74, 6) is -0.316. The molecule has 0 N–H and O–H groups in total. The summed E-state index contributed by atoms with van der Waals surface area (Å²) in [6.07, 6.45) is 3.49. The molecule has 0 saturated carbocycles. The van der Waals surface area contributed by atoms with Crippen molar-refractivity contribution in [2.75, 3.05) is 13.2 Å². The van der Waals surface area contributed by atoms with Gasteiger partial charge in [0.25, 0.3) is 0 Å². The van der Waals surface area contributed by atoms with Gasteiger partial charge in [0.05, 0.1) is 19.3 Å². The smallest absolute Gasteiger partial charge is 0.330 e. The minimum atomic E-state index is -1.95. The maximum Gasteiger partial charge on any atom is 0.330 e. The first-order valence-electron chi connectivity index (χ1n) is 11.4. The number of hydrogen-bond acceptors (Lipinski definition) is 4. The first-order chi connectivity index (χ1) is 15.1. The Morgan fingerprint density at radius 1 is 0.969 bits per heavy atom. The van der Waals surface area contributed by atoms with E-state index in [0.717, 1.165) is 13.1 Å². The van der Waals surface area contributed by atoms with E-state index in [4.69, 9.17) is 9.16 Å². The lowest BCUT2D eigenvalue weighted by Crippen LogP contribution is -2.45. The van der Waals surface area contributed by atoms with Crippen LogP contribution in [0.2, 0.25) is 18.1 Å². The molecule has 0 aromatic heterocycles. The molecule has 0 spiro atoms. The maximum atomic E-state index is 12.1. The van der Waals surface area contributed by atoms with Crippen molar-refractivity contribution in [2.45, 2.75) is 65.0 Å². The Morgan fingerprint density at radius 2 is 1.47 bits per heavy atom. The Kier molecular flexibility index (Phi) is 9.88. The number of hydrogen-bond donors (Lipinski definition) is 0. The summed E-state index contributed by atoms with van der Waals surface area (Å²) in [4.78, 5) is 14.5. The van der Waals surface area contributed by atoms with Crippen molar-refractivity contribution in [3.63, 3.8) is 0 Å². The van der Waals surface area contributed by atoms with E-state index in [9.17, 15) is 4.79 Å². The van der Waals surface area contributed by atoms with Crippen LogP contribution in [0.5, 0.6) is 0 Å². The third-order valence-electron chi connectivity index (χ3n) is 6.09. The van der Waals surface area contributed by atoms with Crippen LogP contribution in [0.3, 0.4) is 0 Å². The second-order valence-corrected chi connectivity index (χ2v) is 14.4. The zero-order chi connectivity index (χ0) is 23.6. The fourth-order valence-corrected chi connectivity index (χ4v) is 4.12. The molecule has 0 unspecified atom stereocenters. The Balaban J connectivity index is 2.33. The second-order valence-electron chi connectivity index (χ2n) is 9.63. The number of carbonyl (C=O) groups excluding carboxylic acids is 1. The van der Waals surface area contributed by atoms with Gasteiger partial charge in [-0.05, 0) is 36.2 Å². The van der Waals surface area contributed by atoms with Crippen LogP contribution in [0.4, 0.5) is 0 Å². The number of ether oxygens (including phenoxy) is 1. The van der Waals surface area contributed by atoms with E-state index in [1.165, 1.54) is 11.1 Å². The molecule has 5 heteroatoms. The van der Waals surface area contributed by atoms with Gasteiger partial charge in [0.1, 0.15) is 0 Å². The van der Waals surface area contributed by atoms with Gasteiger partial charge in [-0.25, -0.2) is 4.79 Å². The Bertz CT molecular complexity index is 803. The van der Waals surface area contributed by atoms with Crippen molar-refractivity contribution in [3.05, 3.63) is 83.9 Å². The van der Waals surface area contributed by atoms with Crippen LogP contribution in [0.15, 0.2) is 72.8 Å². The highest BCUT2D eigenvalue weighted by atomic mass is 28.4. The van der Waals surface area contributed by atoms with Crippen LogP contribution in [0.1, 0.15) is 38.8 Å². The topological polar surface area (TPSA) is 38.8 Å². The monoisotopic (exact) mass is 453 g/mol. The minimum Gasteiger partial charge on any atom is -0.463 e. The average Bonchev–Trinajstić information content (AvgIpc) is 2.74. The molecule has 4 nitrogen and oxygen atoms in total. The first kappa shape index (κ1) is 26.0. The Morgan fingerprint density at radius 3 is 1.91 bits per heavy atom. The summed E-state index contributed by atoms with van der Waals surface area (Å²) in [6.45, 7) is 15.5. The van der Waals surface area contributed by atoms with E-state index in [2.05, 4.69) is 87.3 Å². The maximum absolute atomic E-state index is 12.1. The molecule has 2 aromatic carbocycles. The van der Waals surface area contributed by atoms with Crippen molar-refractivity contribution in [1.29, 1.82) is 0 Å². The Hall–Kier alpha value is -2.21. The summed E-state index contributed by atoms with van der Waals surface area (Å²) in [7, 11) is -1.95. The highest BCUT2D eigenvalue weighted by Crippen LogP contribution is 2.36. The predicted octanol–water partition coefficient (Wildman–Crippen LogP) is 6.20. The largest absolute Gasteiger partial charge is 0.463 e. The molecule has 0 aliphatic heterocycles. The lowest BCUT2D eigenvalue weighted by Gasteiger charge is -2.39. The molecular weight excluding hydrogens is 414 g/mol. The quantitative estimate of drug-likeness (QED) is 0.231. The second kappa shape index (κ2) is 12.1. The summed E-state index contributed by atoms with van der Waals surface area (Å²) >= 11 is 0. The molecular formula is C27H39NO3Si. The third-order valence-corrected chi connectivity index (χ3v) is 10.6. The number of nitrogens with zero attached hydrogens (tertiary/aromatic N) is 1. The van der Waals surface area contributed by atoms with Gasteiger partial charge < -0.3 is 9.16 Å². The number of carbonyl (C=O) groups is 1. The van der Waals surface area contributed by atoms with Gasteiger partial charge in [-0.3, -0.25) is 4.90 Å². The summed E-state index contributed by atoms with van der Waals surface area (Å²) in [6, 6.07) is 20.8. The summed E-state index contributed by atoms with van der Waals surface area (Å²) in [5, 5.41) is 0.117. The fraction of sp³-hybridized carbons (Fsp3) is 0.444. The minimum absolute atomic E-state index is 0.0612. The fourth-order valence-electron chi connectivity index (χ4n) is 3.10. The Labute approximate surface area is 195 Å². The molecule has 0 aliphatic rings. The van der Waals surface area contributed by atoms with Gasteiger partial charge in [0.2, 0.25) is 0 Å². The van der Waals surface area contributed by atoms with Crippen molar-refractivity contribution in [2.24, 2.45) is 0 Å². The molecule has 2 rings (SSSR count). The molecule has 32 heavy (non-hydrogen) atoms. The molecule has 0 aliphatic carbocycles. The molecule has 2 aromatic rings. The lowest BCUT2D eigenvalue weighted by atomic mass is 10.1. The number of rotatable bonds is 11. The van der Waals surface area contributed by atoms with E-state index in [1.807, 2.05) is 25.1 Å². The van der Waals surface area contributed by atoms with E-state index < -0.39 is 8.32 Å². The van der Waals surface area contributed by atoms with E-state index in [-0.39, 0.29) is 17.0 Å². The zero-order valence-electron chi connectivity index (χ0n) is 20.5. The van der Waals surface area contributed by atoms with Gasteiger partial charge in [-0.1, -0.05) is 87.5 Å².